The van der Waals surface area contributed by atoms with Crippen molar-refractivity contribution >= 4 is 17.8 Å². The van der Waals surface area contributed by atoms with Crippen molar-refractivity contribution in [3.63, 3.8) is 0 Å². The largest absolute Gasteiger partial charge is 0.279 e. The summed E-state index contributed by atoms with van der Waals surface area (Å²) in [5, 5.41) is 0. The molecule has 0 aliphatic rings. The van der Waals surface area contributed by atoms with Gasteiger partial charge >= 0.3 is 0 Å². The fourth-order valence-electron chi connectivity index (χ4n) is 2.96. The second kappa shape index (κ2) is 6.80. The molecule has 4 rings (SSSR count). The number of aromatic nitrogens is 4. The highest BCUT2D eigenvalue weighted by atomic mass is 16.1. The van der Waals surface area contributed by atoms with Crippen LogP contribution in [0.25, 0.3) is 17.8 Å². The smallest absolute Gasteiger partial charge is 0.273 e. The number of aryl methyl sites for hydroxylation is 1. The van der Waals surface area contributed by atoms with Gasteiger partial charge in [0.25, 0.3) is 5.56 Å². The molecular weight excluding hydrogens is 324 g/mol. The summed E-state index contributed by atoms with van der Waals surface area (Å²) in [5.74, 6) is 0. The molecule has 26 heavy (non-hydrogen) atoms. The van der Waals surface area contributed by atoms with Crippen LogP contribution in [0.4, 0.5) is 0 Å². The minimum Gasteiger partial charge on any atom is -0.279 e. The Morgan fingerprint density at radius 1 is 1.08 bits per heavy atom. The van der Waals surface area contributed by atoms with E-state index in [1.165, 1.54) is 0 Å². The second-order valence-corrected chi connectivity index (χ2v) is 6.17. The van der Waals surface area contributed by atoms with Gasteiger partial charge in [-0.25, -0.2) is 4.98 Å². The standard InChI is InChI=1S/C21H18N4O/c1-16-14-24(15-18-6-3-2-4-7-18)25-20(26)12-19(23-21(16)25)10-9-17-8-5-11-22-13-17/h2-14H,15H2,1H3/b10-9+. The van der Waals surface area contributed by atoms with E-state index >= 15 is 0 Å². The van der Waals surface area contributed by atoms with E-state index in [0.717, 1.165) is 16.7 Å². The summed E-state index contributed by atoms with van der Waals surface area (Å²) < 4.78 is 3.54. The lowest BCUT2D eigenvalue weighted by atomic mass is 10.2. The number of fused-ring (bicyclic) bond motifs is 1. The first-order valence-electron chi connectivity index (χ1n) is 8.42. The van der Waals surface area contributed by atoms with Gasteiger partial charge in [-0.1, -0.05) is 42.5 Å². The van der Waals surface area contributed by atoms with Crippen LogP contribution < -0.4 is 5.56 Å². The Morgan fingerprint density at radius 2 is 1.92 bits per heavy atom. The van der Waals surface area contributed by atoms with Gasteiger partial charge in [0.1, 0.15) is 0 Å². The van der Waals surface area contributed by atoms with Crippen molar-refractivity contribution in [2.24, 2.45) is 0 Å². The van der Waals surface area contributed by atoms with Gasteiger partial charge in [0.05, 0.1) is 12.2 Å². The molecule has 1 aromatic carbocycles. The topological polar surface area (TPSA) is 52.2 Å². The summed E-state index contributed by atoms with van der Waals surface area (Å²) in [6.07, 6.45) is 9.20. The molecule has 0 N–H and O–H groups in total. The van der Waals surface area contributed by atoms with Crippen molar-refractivity contribution in [1.29, 1.82) is 0 Å². The summed E-state index contributed by atoms with van der Waals surface area (Å²) in [4.78, 5) is 21.4. The molecule has 0 radical (unpaired) electrons. The van der Waals surface area contributed by atoms with Crippen LogP contribution in [0.2, 0.25) is 0 Å². The molecule has 0 unspecified atom stereocenters. The van der Waals surface area contributed by atoms with Crippen LogP contribution >= 0.6 is 0 Å². The predicted molar refractivity (Wildman–Crippen MR) is 103 cm³/mol. The maximum absolute atomic E-state index is 12.7. The summed E-state index contributed by atoms with van der Waals surface area (Å²) in [5.41, 5.74) is 4.29. The molecule has 0 bridgehead atoms. The molecule has 128 valence electrons. The van der Waals surface area contributed by atoms with Crippen molar-refractivity contribution < 1.29 is 0 Å². The number of nitrogens with zero attached hydrogens (tertiary/aromatic N) is 4. The third-order valence-corrected chi connectivity index (χ3v) is 4.19. The normalized spacial score (nSPS) is 11.4. The minimum absolute atomic E-state index is 0.0927. The van der Waals surface area contributed by atoms with Crippen LogP contribution in [0, 0.1) is 6.92 Å². The molecule has 0 saturated heterocycles. The molecule has 0 atom stereocenters. The molecule has 0 saturated carbocycles. The average Bonchev–Trinajstić information content (AvgIpc) is 2.98. The van der Waals surface area contributed by atoms with Crippen LogP contribution in [-0.2, 0) is 6.54 Å². The number of pyridine rings is 1. The molecule has 0 aliphatic heterocycles. The highest BCUT2D eigenvalue weighted by molar-refractivity contribution is 5.68. The molecule has 0 amide bonds. The average molecular weight is 342 g/mol. The van der Waals surface area contributed by atoms with Crippen LogP contribution in [0.3, 0.4) is 0 Å². The minimum atomic E-state index is -0.0927. The molecular formula is C21H18N4O. The van der Waals surface area contributed by atoms with Gasteiger partial charge in [0, 0.05) is 30.2 Å². The van der Waals surface area contributed by atoms with Crippen molar-refractivity contribution in [3.05, 3.63) is 99.9 Å². The van der Waals surface area contributed by atoms with Gasteiger partial charge in [0.15, 0.2) is 5.65 Å². The maximum atomic E-state index is 12.7. The molecule has 4 aromatic rings. The van der Waals surface area contributed by atoms with Gasteiger partial charge in [0.2, 0.25) is 0 Å². The zero-order valence-corrected chi connectivity index (χ0v) is 14.4. The van der Waals surface area contributed by atoms with Gasteiger partial charge in [-0.3, -0.25) is 14.5 Å². The second-order valence-electron chi connectivity index (χ2n) is 6.17. The number of benzene rings is 1. The van der Waals surface area contributed by atoms with E-state index in [1.807, 2.05) is 72.4 Å². The number of hydrogen-bond donors (Lipinski definition) is 0. The van der Waals surface area contributed by atoms with Crippen molar-refractivity contribution in [3.8, 4) is 0 Å². The molecule has 0 aliphatic carbocycles. The van der Waals surface area contributed by atoms with Crippen LogP contribution in [0.5, 0.6) is 0 Å². The first kappa shape index (κ1) is 16.0. The SMILES string of the molecule is Cc1cn(Cc2ccccc2)n2c(=O)cc(/C=C/c3cccnc3)nc12. The first-order chi connectivity index (χ1) is 12.7. The highest BCUT2D eigenvalue weighted by Crippen LogP contribution is 2.12. The number of rotatable bonds is 4. The van der Waals surface area contributed by atoms with Crippen molar-refractivity contribution in [2.45, 2.75) is 13.5 Å². The monoisotopic (exact) mass is 342 g/mol. The molecule has 3 aromatic heterocycles. The van der Waals surface area contributed by atoms with Gasteiger partial charge in [-0.15, -0.1) is 0 Å². The zero-order chi connectivity index (χ0) is 17.9. The van der Waals surface area contributed by atoms with Crippen molar-refractivity contribution in [2.75, 3.05) is 0 Å². The fraction of sp³-hybridized carbons (Fsp3) is 0.0952. The molecule has 3 heterocycles. The molecule has 5 heteroatoms. The third kappa shape index (κ3) is 3.19. The predicted octanol–water partition coefficient (Wildman–Crippen LogP) is 3.42. The van der Waals surface area contributed by atoms with E-state index < -0.39 is 0 Å². The maximum Gasteiger partial charge on any atom is 0.273 e. The van der Waals surface area contributed by atoms with Crippen LogP contribution in [0.1, 0.15) is 22.4 Å². The summed E-state index contributed by atoms with van der Waals surface area (Å²) in [6, 6.07) is 15.5. The van der Waals surface area contributed by atoms with E-state index in [1.54, 1.807) is 23.0 Å². The van der Waals surface area contributed by atoms with E-state index in [0.29, 0.717) is 17.9 Å². The first-order valence-corrected chi connectivity index (χ1v) is 8.42. The summed E-state index contributed by atoms with van der Waals surface area (Å²) >= 11 is 0. The Hall–Kier alpha value is -3.47. The molecule has 5 nitrogen and oxygen atoms in total. The van der Waals surface area contributed by atoms with Gasteiger partial charge in [-0.05, 0) is 30.2 Å². The van der Waals surface area contributed by atoms with E-state index in [2.05, 4.69) is 9.97 Å². The van der Waals surface area contributed by atoms with Gasteiger partial charge in [-0.2, -0.15) is 4.52 Å². The lowest BCUT2D eigenvalue weighted by Crippen LogP contribution is -2.21. The van der Waals surface area contributed by atoms with Gasteiger partial charge < -0.3 is 0 Å². The summed E-state index contributed by atoms with van der Waals surface area (Å²) in [7, 11) is 0. The van der Waals surface area contributed by atoms with E-state index in [9.17, 15) is 4.79 Å². The third-order valence-electron chi connectivity index (χ3n) is 4.19. The van der Waals surface area contributed by atoms with Crippen molar-refractivity contribution in [1.82, 2.24) is 19.2 Å². The Kier molecular flexibility index (Phi) is 4.19. The lowest BCUT2D eigenvalue weighted by Gasteiger charge is -2.06. The van der Waals surface area contributed by atoms with E-state index in [-0.39, 0.29) is 5.56 Å². The molecule has 0 spiro atoms. The summed E-state index contributed by atoms with van der Waals surface area (Å²) in [6.45, 7) is 2.59. The Morgan fingerprint density at radius 3 is 2.69 bits per heavy atom. The zero-order valence-electron chi connectivity index (χ0n) is 14.4. The van der Waals surface area contributed by atoms with Crippen LogP contribution in [0.15, 0.2) is 71.9 Å². The number of hydrogen-bond acceptors (Lipinski definition) is 3. The lowest BCUT2D eigenvalue weighted by molar-refractivity contribution is 0.620. The Bertz CT molecular complexity index is 1130. The van der Waals surface area contributed by atoms with E-state index in [4.69, 9.17) is 0 Å². The van der Waals surface area contributed by atoms with Crippen LogP contribution in [-0.4, -0.2) is 19.2 Å². The highest BCUT2D eigenvalue weighted by Gasteiger charge is 2.10. The quantitative estimate of drug-likeness (QED) is 0.571. The Labute approximate surface area is 150 Å². The fourth-order valence-corrected chi connectivity index (χ4v) is 2.96. The Balaban J connectivity index is 1.73. The molecule has 0 fully saturated rings.